The van der Waals surface area contributed by atoms with E-state index in [1.807, 2.05) is 18.2 Å². The molecule has 0 aliphatic rings. The summed E-state index contributed by atoms with van der Waals surface area (Å²) in [7, 11) is 0. The zero-order valence-corrected chi connectivity index (χ0v) is 9.83. The summed E-state index contributed by atoms with van der Waals surface area (Å²) in [6.07, 6.45) is 1.01. The van der Waals surface area contributed by atoms with Crippen LogP contribution in [0.2, 0.25) is 0 Å². The molecular formula is C13H18O2. The number of carbonyl (C=O) groups excluding carboxylic acids is 1. The molecule has 0 amide bonds. The third-order valence-electron chi connectivity index (χ3n) is 2.38. The van der Waals surface area contributed by atoms with Crippen molar-refractivity contribution in [3.8, 4) is 5.75 Å². The number of hydrogen-bond donors (Lipinski definition) is 0. The molecule has 0 saturated carbocycles. The lowest BCUT2D eigenvalue weighted by Gasteiger charge is -2.13. The van der Waals surface area contributed by atoms with Crippen LogP contribution in [-0.4, -0.2) is 5.97 Å². The Morgan fingerprint density at radius 3 is 2.53 bits per heavy atom. The largest absolute Gasteiger partial charge is 0.427 e. The van der Waals surface area contributed by atoms with Gasteiger partial charge in [-0.05, 0) is 35.6 Å². The van der Waals surface area contributed by atoms with Crippen molar-refractivity contribution in [3.05, 3.63) is 29.3 Å². The van der Waals surface area contributed by atoms with Crippen molar-refractivity contribution in [1.82, 2.24) is 0 Å². The second kappa shape index (κ2) is 4.96. The molecule has 2 nitrogen and oxygen atoms in total. The van der Waals surface area contributed by atoms with E-state index in [0.717, 1.165) is 6.42 Å². The van der Waals surface area contributed by atoms with Crippen LogP contribution in [0.1, 0.15) is 44.7 Å². The molecule has 0 N–H and O–H groups in total. The highest BCUT2D eigenvalue weighted by Crippen LogP contribution is 2.25. The molecule has 0 saturated heterocycles. The summed E-state index contributed by atoms with van der Waals surface area (Å²) in [4.78, 5) is 10.8. The molecule has 1 aromatic rings. The van der Waals surface area contributed by atoms with E-state index in [9.17, 15) is 4.79 Å². The van der Waals surface area contributed by atoms with E-state index in [1.165, 1.54) is 18.1 Å². The van der Waals surface area contributed by atoms with Crippen LogP contribution >= 0.6 is 0 Å². The third kappa shape index (κ3) is 3.08. The zero-order valence-electron chi connectivity index (χ0n) is 9.83. The molecule has 0 aliphatic carbocycles. The normalized spacial score (nSPS) is 10.5. The van der Waals surface area contributed by atoms with Gasteiger partial charge >= 0.3 is 5.97 Å². The van der Waals surface area contributed by atoms with Crippen LogP contribution in [0.15, 0.2) is 18.2 Å². The fourth-order valence-electron chi connectivity index (χ4n) is 1.66. The average molecular weight is 206 g/mol. The van der Waals surface area contributed by atoms with Gasteiger partial charge in [-0.3, -0.25) is 4.79 Å². The first-order valence-corrected chi connectivity index (χ1v) is 5.35. The quantitative estimate of drug-likeness (QED) is 0.560. The number of rotatable bonds is 3. The standard InChI is InChI=1S/C13H18O2/c1-5-11-6-7-12(15-10(4)14)8-13(11)9(2)3/h6-9H,5H2,1-4H3. The summed E-state index contributed by atoms with van der Waals surface area (Å²) in [5.74, 6) is 0.827. The van der Waals surface area contributed by atoms with E-state index in [4.69, 9.17) is 4.74 Å². The highest BCUT2D eigenvalue weighted by molar-refractivity contribution is 5.69. The second-order valence-corrected chi connectivity index (χ2v) is 3.96. The Bertz CT molecular complexity index is 354. The Morgan fingerprint density at radius 1 is 1.40 bits per heavy atom. The van der Waals surface area contributed by atoms with Crippen LogP contribution in [0.3, 0.4) is 0 Å². The lowest BCUT2D eigenvalue weighted by molar-refractivity contribution is -0.131. The van der Waals surface area contributed by atoms with Gasteiger partial charge in [0.1, 0.15) is 5.75 Å². The number of benzene rings is 1. The van der Waals surface area contributed by atoms with Crippen LogP contribution < -0.4 is 4.74 Å². The van der Waals surface area contributed by atoms with Gasteiger partial charge in [0.2, 0.25) is 0 Å². The van der Waals surface area contributed by atoms with Gasteiger partial charge in [0.15, 0.2) is 0 Å². The summed E-state index contributed by atoms with van der Waals surface area (Å²) < 4.78 is 5.07. The lowest BCUT2D eigenvalue weighted by atomic mass is 9.95. The topological polar surface area (TPSA) is 26.3 Å². The smallest absolute Gasteiger partial charge is 0.308 e. The molecule has 82 valence electrons. The van der Waals surface area contributed by atoms with Gasteiger partial charge in [-0.2, -0.15) is 0 Å². The molecule has 0 unspecified atom stereocenters. The maximum Gasteiger partial charge on any atom is 0.308 e. The fraction of sp³-hybridized carbons (Fsp3) is 0.462. The van der Waals surface area contributed by atoms with Gasteiger partial charge in [0, 0.05) is 6.92 Å². The van der Waals surface area contributed by atoms with Crippen LogP contribution in [0.25, 0.3) is 0 Å². The van der Waals surface area contributed by atoms with Gasteiger partial charge in [0.25, 0.3) is 0 Å². The van der Waals surface area contributed by atoms with E-state index >= 15 is 0 Å². The maximum atomic E-state index is 10.8. The van der Waals surface area contributed by atoms with Crippen LogP contribution in [0.5, 0.6) is 5.75 Å². The summed E-state index contributed by atoms with van der Waals surface area (Å²) >= 11 is 0. The lowest BCUT2D eigenvalue weighted by Crippen LogP contribution is -2.03. The second-order valence-electron chi connectivity index (χ2n) is 3.96. The first-order chi connectivity index (χ1) is 7.04. The van der Waals surface area contributed by atoms with Crippen LogP contribution in [0.4, 0.5) is 0 Å². The highest BCUT2D eigenvalue weighted by atomic mass is 16.5. The van der Waals surface area contributed by atoms with Gasteiger partial charge in [-0.15, -0.1) is 0 Å². The number of hydrogen-bond acceptors (Lipinski definition) is 2. The summed E-state index contributed by atoms with van der Waals surface area (Å²) in [5.41, 5.74) is 2.58. The minimum Gasteiger partial charge on any atom is -0.427 e. The van der Waals surface area contributed by atoms with Crippen molar-refractivity contribution >= 4 is 5.97 Å². The van der Waals surface area contributed by atoms with Gasteiger partial charge in [0.05, 0.1) is 0 Å². The minimum absolute atomic E-state index is 0.269. The highest BCUT2D eigenvalue weighted by Gasteiger charge is 2.07. The van der Waals surface area contributed by atoms with Gasteiger partial charge < -0.3 is 4.74 Å². The molecular weight excluding hydrogens is 188 g/mol. The van der Waals surface area contributed by atoms with E-state index in [0.29, 0.717) is 11.7 Å². The van der Waals surface area contributed by atoms with Crippen molar-refractivity contribution in [2.75, 3.05) is 0 Å². The molecule has 0 aromatic heterocycles. The molecule has 1 aromatic carbocycles. The average Bonchev–Trinajstić information content (AvgIpc) is 2.16. The molecule has 0 radical (unpaired) electrons. The first kappa shape index (κ1) is 11.8. The molecule has 0 spiro atoms. The monoisotopic (exact) mass is 206 g/mol. The number of esters is 1. The van der Waals surface area contributed by atoms with Crippen LogP contribution in [-0.2, 0) is 11.2 Å². The van der Waals surface area contributed by atoms with Gasteiger partial charge in [-0.1, -0.05) is 26.8 Å². The van der Waals surface area contributed by atoms with Crippen molar-refractivity contribution in [3.63, 3.8) is 0 Å². The fourth-order valence-corrected chi connectivity index (χ4v) is 1.66. The molecule has 0 fully saturated rings. The molecule has 1 rings (SSSR count). The molecule has 2 heteroatoms. The Kier molecular flexibility index (Phi) is 3.89. The van der Waals surface area contributed by atoms with Crippen molar-refractivity contribution in [2.24, 2.45) is 0 Å². The SMILES string of the molecule is CCc1ccc(OC(C)=O)cc1C(C)C. The Hall–Kier alpha value is -1.31. The van der Waals surface area contributed by atoms with Gasteiger partial charge in [-0.25, -0.2) is 0 Å². The summed E-state index contributed by atoms with van der Waals surface area (Å²) in [5, 5.41) is 0. The van der Waals surface area contributed by atoms with E-state index in [2.05, 4.69) is 20.8 Å². The van der Waals surface area contributed by atoms with Crippen molar-refractivity contribution in [2.45, 2.75) is 40.0 Å². The Labute approximate surface area is 91.3 Å². The van der Waals surface area contributed by atoms with Crippen molar-refractivity contribution < 1.29 is 9.53 Å². The van der Waals surface area contributed by atoms with E-state index in [1.54, 1.807) is 0 Å². The van der Waals surface area contributed by atoms with E-state index < -0.39 is 0 Å². The minimum atomic E-state index is -0.269. The Balaban J connectivity index is 3.04. The molecule has 0 atom stereocenters. The summed E-state index contributed by atoms with van der Waals surface area (Å²) in [6, 6.07) is 5.85. The van der Waals surface area contributed by atoms with Crippen LogP contribution in [0, 0.1) is 0 Å². The number of carbonyl (C=O) groups is 1. The summed E-state index contributed by atoms with van der Waals surface area (Å²) in [6.45, 7) is 7.84. The van der Waals surface area contributed by atoms with E-state index in [-0.39, 0.29) is 5.97 Å². The molecule has 0 bridgehead atoms. The predicted molar refractivity (Wildman–Crippen MR) is 61.2 cm³/mol. The predicted octanol–water partition coefficient (Wildman–Crippen LogP) is 3.30. The zero-order chi connectivity index (χ0) is 11.4. The molecule has 0 aliphatic heterocycles. The maximum absolute atomic E-state index is 10.8. The molecule has 15 heavy (non-hydrogen) atoms. The number of ether oxygens (including phenoxy) is 1. The number of aryl methyl sites for hydroxylation is 1. The third-order valence-corrected chi connectivity index (χ3v) is 2.38. The Morgan fingerprint density at radius 2 is 2.07 bits per heavy atom. The van der Waals surface area contributed by atoms with Crippen molar-refractivity contribution in [1.29, 1.82) is 0 Å². The first-order valence-electron chi connectivity index (χ1n) is 5.35. The molecule has 0 heterocycles.